The molecule has 2 heterocycles. The molecule has 2 unspecified atom stereocenters. The Labute approximate surface area is 189 Å². The number of H-pyrrole nitrogens is 1. The Kier molecular flexibility index (Phi) is 4.67. The fraction of sp³-hybridized carbons (Fsp3) is 0.250. The van der Waals surface area contributed by atoms with Crippen LogP contribution in [0.4, 0.5) is 5.69 Å². The van der Waals surface area contributed by atoms with Crippen LogP contribution in [0.5, 0.6) is 17.2 Å². The summed E-state index contributed by atoms with van der Waals surface area (Å²) in [5.41, 5.74) is 1.06. The highest BCUT2D eigenvalue weighted by Gasteiger charge is 2.60. The maximum Gasteiger partial charge on any atom is 0.236 e. The van der Waals surface area contributed by atoms with E-state index in [-0.39, 0.29) is 22.1 Å². The van der Waals surface area contributed by atoms with E-state index in [1.807, 2.05) is 37.4 Å². The Bertz CT molecular complexity index is 1310. The number of aromatic nitrogens is 1. The molecule has 1 spiro atoms. The Morgan fingerprint density at radius 1 is 1.19 bits per heavy atom. The summed E-state index contributed by atoms with van der Waals surface area (Å²) < 4.78 is 16.7. The Morgan fingerprint density at radius 3 is 2.69 bits per heavy atom. The number of anilines is 1. The minimum absolute atomic E-state index is 0.120. The van der Waals surface area contributed by atoms with E-state index >= 15 is 0 Å². The minimum atomic E-state index is -1.68. The van der Waals surface area contributed by atoms with Crippen molar-refractivity contribution in [2.75, 3.05) is 19.5 Å². The first-order valence-electron chi connectivity index (χ1n) is 10.2. The molecule has 7 nitrogen and oxygen atoms in total. The summed E-state index contributed by atoms with van der Waals surface area (Å²) in [5, 5.41) is 4.50. The lowest BCUT2D eigenvalue weighted by molar-refractivity contribution is -0.129. The largest absolute Gasteiger partial charge is 0.496 e. The molecule has 32 heavy (non-hydrogen) atoms. The number of aromatic amines is 1. The molecule has 0 saturated carbocycles. The van der Waals surface area contributed by atoms with Crippen LogP contribution in [0.25, 0.3) is 10.9 Å². The molecule has 0 saturated heterocycles. The van der Waals surface area contributed by atoms with Gasteiger partial charge in [-0.25, -0.2) is 0 Å². The molecule has 0 fully saturated rings. The molecular formula is C24H21ClN2O5. The zero-order valence-electron chi connectivity index (χ0n) is 17.7. The number of allylic oxidation sites excluding steroid dienone is 1. The highest BCUT2D eigenvalue weighted by Crippen LogP contribution is 2.53. The topological polar surface area (TPSA) is 89.7 Å². The average Bonchev–Trinajstić information content (AvgIpc) is 3.38. The second kappa shape index (κ2) is 7.31. The van der Waals surface area contributed by atoms with Crippen LogP contribution in [0.2, 0.25) is 5.02 Å². The van der Waals surface area contributed by atoms with Crippen molar-refractivity contribution in [3.63, 3.8) is 0 Å². The third-order valence-corrected chi connectivity index (χ3v) is 6.56. The minimum Gasteiger partial charge on any atom is -0.496 e. The molecule has 164 valence electrons. The predicted molar refractivity (Wildman–Crippen MR) is 121 cm³/mol. The van der Waals surface area contributed by atoms with E-state index in [9.17, 15) is 9.59 Å². The molecule has 0 amide bonds. The molecular weight excluding hydrogens is 432 g/mol. The normalized spacial score (nSPS) is 22.0. The van der Waals surface area contributed by atoms with Crippen molar-refractivity contribution in [2.45, 2.75) is 18.9 Å². The first kappa shape index (κ1) is 20.5. The molecule has 2 N–H and O–H groups in total. The van der Waals surface area contributed by atoms with E-state index < -0.39 is 23.1 Å². The Balaban J connectivity index is 1.53. The molecule has 0 radical (unpaired) electrons. The summed E-state index contributed by atoms with van der Waals surface area (Å²) in [6, 6.07) is 9.35. The highest BCUT2D eigenvalue weighted by atomic mass is 35.5. The van der Waals surface area contributed by atoms with Gasteiger partial charge in [0.25, 0.3) is 0 Å². The van der Waals surface area contributed by atoms with Crippen molar-refractivity contribution in [3.05, 3.63) is 58.9 Å². The van der Waals surface area contributed by atoms with Crippen LogP contribution in [0, 0.1) is 5.92 Å². The lowest BCUT2D eigenvalue weighted by Crippen LogP contribution is -2.55. The number of ether oxygens (including phenoxy) is 3. The van der Waals surface area contributed by atoms with Crippen molar-refractivity contribution in [2.24, 2.45) is 5.92 Å². The van der Waals surface area contributed by atoms with E-state index in [0.29, 0.717) is 17.9 Å². The molecule has 1 aliphatic carbocycles. The van der Waals surface area contributed by atoms with Crippen molar-refractivity contribution in [1.29, 1.82) is 0 Å². The van der Waals surface area contributed by atoms with Gasteiger partial charge in [0.1, 0.15) is 22.1 Å². The summed E-state index contributed by atoms with van der Waals surface area (Å²) in [4.78, 5) is 30.1. The van der Waals surface area contributed by atoms with Crippen LogP contribution < -0.4 is 19.5 Å². The molecule has 2 atom stereocenters. The van der Waals surface area contributed by atoms with Gasteiger partial charge in [0.15, 0.2) is 5.75 Å². The molecule has 0 bridgehead atoms. The average molecular weight is 453 g/mol. The van der Waals surface area contributed by atoms with Gasteiger partial charge in [-0.2, -0.15) is 0 Å². The first-order chi connectivity index (χ1) is 15.4. The van der Waals surface area contributed by atoms with Gasteiger partial charge in [0.05, 0.1) is 14.2 Å². The number of carbonyl (C=O) groups excluding carboxylic acids is 2. The van der Waals surface area contributed by atoms with Gasteiger partial charge in [-0.15, -0.1) is 0 Å². The number of hydrogen-bond donors (Lipinski definition) is 2. The van der Waals surface area contributed by atoms with E-state index in [1.165, 1.54) is 26.4 Å². The number of ketones is 2. The number of rotatable bonds is 4. The van der Waals surface area contributed by atoms with E-state index in [0.717, 1.165) is 16.6 Å². The van der Waals surface area contributed by atoms with Gasteiger partial charge in [0, 0.05) is 46.5 Å². The Morgan fingerprint density at radius 2 is 1.97 bits per heavy atom. The SMILES string of the molecule is COc1cc(OC)c2c(c1Cl)OC1(C(=O)C=C(Nc3cccc4[nH]ccc34)CC1C)C2=O. The number of halogens is 1. The smallest absolute Gasteiger partial charge is 0.236 e. The van der Waals surface area contributed by atoms with E-state index in [2.05, 4.69) is 10.3 Å². The molecule has 1 aromatic heterocycles. The zero-order chi connectivity index (χ0) is 22.6. The number of methoxy groups -OCH3 is 2. The van der Waals surface area contributed by atoms with Crippen molar-refractivity contribution < 1.29 is 23.8 Å². The number of nitrogens with one attached hydrogen (secondary N) is 2. The summed E-state index contributed by atoms with van der Waals surface area (Å²) in [6.45, 7) is 1.82. The van der Waals surface area contributed by atoms with Crippen LogP contribution in [0.1, 0.15) is 23.7 Å². The third kappa shape index (κ3) is 2.74. The second-order valence-corrected chi connectivity index (χ2v) is 8.35. The number of hydrogen-bond acceptors (Lipinski definition) is 6. The lowest BCUT2D eigenvalue weighted by Gasteiger charge is -2.35. The fourth-order valence-corrected chi connectivity index (χ4v) is 4.85. The summed E-state index contributed by atoms with van der Waals surface area (Å²) in [5.74, 6) is -0.641. The molecule has 2 aliphatic rings. The number of carbonyl (C=O) groups is 2. The van der Waals surface area contributed by atoms with Crippen LogP contribution in [-0.2, 0) is 4.79 Å². The highest BCUT2D eigenvalue weighted by molar-refractivity contribution is 6.36. The van der Waals surface area contributed by atoms with Crippen LogP contribution in [0.15, 0.2) is 48.3 Å². The van der Waals surface area contributed by atoms with Crippen LogP contribution in [-0.4, -0.2) is 36.4 Å². The van der Waals surface area contributed by atoms with Gasteiger partial charge in [-0.05, 0) is 24.6 Å². The first-order valence-corrected chi connectivity index (χ1v) is 10.5. The van der Waals surface area contributed by atoms with Gasteiger partial charge in [0.2, 0.25) is 17.2 Å². The second-order valence-electron chi connectivity index (χ2n) is 7.97. The van der Waals surface area contributed by atoms with Gasteiger partial charge >= 0.3 is 0 Å². The molecule has 3 aromatic rings. The van der Waals surface area contributed by atoms with Crippen molar-refractivity contribution >= 4 is 39.8 Å². The third-order valence-electron chi connectivity index (χ3n) is 6.20. The maximum atomic E-state index is 13.6. The predicted octanol–water partition coefficient (Wildman–Crippen LogP) is 4.76. The quantitative estimate of drug-likeness (QED) is 0.555. The van der Waals surface area contributed by atoms with E-state index in [1.54, 1.807) is 0 Å². The number of benzene rings is 2. The monoisotopic (exact) mass is 452 g/mol. The number of fused-ring (bicyclic) bond motifs is 2. The molecule has 5 rings (SSSR count). The zero-order valence-corrected chi connectivity index (χ0v) is 18.5. The van der Waals surface area contributed by atoms with Crippen LogP contribution in [0.3, 0.4) is 0 Å². The van der Waals surface area contributed by atoms with Crippen molar-refractivity contribution in [1.82, 2.24) is 4.98 Å². The van der Waals surface area contributed by atoms with Gasteiger partial charge in [-0.1, -0.05) is 24.6 Å². The summed E-state index contributed by atoms with van der Waals surface area (Å²) >= 11 is 6.43. The van der Waals surface area contributed by atoms with Crippen molar-refractivity contribution in [3.8, 4) is 17.2 Å². The summed E-state index contributed by atoms with van der Waals surface area (Å²) in [6.07, 6.45) is 3.75. The Hall–Kier alpha value is -3.45. The van der Waals surface area contributed by atoms with Crippen LogP contribution >= 0.6 is 11.6 Å². The fourth-order valence-electron chi connectivity index (χ4n) is 4.58. The molecule has 8 heteroatoms. The summed E-state index contributed by atoms with van der Waals surface area (Å²) in [7, 11) is 2.90. The van der Waals surface area contributed by atoms with Gasteiger partial charge < -0.3 is 24.5 Å². The van der Waals surface area contributed by atoms with Gasteiger partial charge in [-0.3, -0.25) is 9.59 Å². The molecule has 1 aliphatic heterocycles. The standard InChI is InChI=1S/C24H21ClN2O5/c1-12-9-13(27-16-6-4-5-15-14(16)7-8-26-15)10-19(28)24(12)23(29)20-17(30-2)11-18(31-3)21(25)22(20)32-24/h4-8,10-12,26-27H,9H2,1-3H3. The maximum absolute atomic E-state index is 13.6. The number of Topliss-reactive ketones (excluding diaryl/α,β-unsaturated/α-hetero) is 1. The lowest BCUT2D eigenvalue weighted by atomic mass is 9.74. The van der Waals surface area contributed by atoms with E-state index in [4.69, 9.17) is 25.8 Å². The molecule has 2 aromatic carbocycles.